The molecule has 0 bridgehead atoms. The lowest BCUT2D eigenvalue weighted by atomic mass is 10.1. The van der Waals surface area contributed by atoms with Crippen molar-refractivity contribution < 1.29 is 4.79 Å². The van der Waals surface area contributed by atoms with E-state index in [9.17, 15) is 4.79 Å². The van der Waals surface area contributed by atoms with Gasteiger partial charge in [0.15, 0.2) is 10.3 Å². The van der Waals surface area contributed by atoms with Crippen LogP contribution in [0.4, 0.5) is 5.13 Å². The van der Waals surface area contributed by atoms with Gasteiger partial charge in [-0.2, -0.15) is 0 Å². The number of nitrogens with zero attached hydrogens (tertiary/aromatic N) is 4. The molecule has 1 aromatic carbocycles. The highest BCUT2D eigenvalue weighted by atomic mass is 32.2. The van der Waals surface area contributed by atoms with Gasteiger partial charge < -0.3 is 9.88 Å². The summed E-state index contributed by atoms with van der Waals surface area (Å²) in [6.45, 7) is 4.18. The summed E-state index contributed by atoms with van der Waals surface area (Å²) in [7, 11) is 1.96. The zero-order valence-corrected chi connectivity index (χ0v) is 17.2. The minimum absolute atomic E-state index is 0.0861. The first-order valence-corrected chi connectivity index (χ1v) is 10.7. The number of aryl methyl sites for hydroxylation is 2. The average molecular weight is 400 g/mol. The van der Waals surface area contributed by atoms with Gasteiger partial charge >= 0.3 is 0 Å². The van der Waals surface area contributed by atoms with E-state index >= 15 is 0 Å². The maximum Gasteiger partial charge on any atom is 0.236 e. The van der Waals surface area contributed by atoms with Crippen LogP contribution in [0.3, 0.4) is 0 Å². The smallest absolute Gasteiger partial charge is 0.236 e. The molecule has 8 heteroatoms. The molecular formula is C19H21N5OS2. The van der Waals surface area contributed by atoms with Gasteiger partial charge in [-0.05, 0) is 43.9 Å². The summed E-state index contributed by atoms with van der Waals surface area (Å²) in [4.78, 5) is 16.8. The molecule has 0 radical (unpaired) electrons. The molecule has 140 valence electrons. The van der Waals surface area contributed by atoms with Crippen molar-refractivity contribution in [2.24, 2.45) is 7.05 Å². The maximum absolute atomic E-state index is 12.3. The van der Waals surface area contributed by atoms with Gasteiger partial charge in [0.05, 0.1) is 11.4 Å². The van der Waals surface area contributed by atoms with Gasteiger partial charge in [-0.15, -0.1) is 21.5 Å². The third-order valence-corrected chi connectivity index (χ3v) is 6.47. The van der Waals surface area contributed by atoms with E-state index in [2.05, 4.69) is 52.5 Å². The number of amides is 1. The molecule has 1 amide bonds. The lowest BCUT2D eigenvalue weighted by Crippen LogP contribution is -2.14. The number of carbonyl (C=O) groups is 1. The van der Waals surface area contributed by atoms with Crippen LogP contribution in [0.1, 0.15) is 35.7 Å². The van der Waals surface area contributed by atoms with Crippen LogP contribution in [0.25, 0.3) is 11.3 Å². The summed E-state index contributed by atoms with van der Waals surface area (Å²) in [5.41, 5.74) is 4.44. The molecule has 2 aromatic heterocycles. The highest BCUT2D eigenvalue weighted by Gasteiger charge is 2.29. The summed E-state index contributed by atoms with van der Waals surface area (Å²) in [5, 5.41) is 14.7. The van der Waals surface area contributed by atoms with E-state index < -0.39 is 0 Å². The fourth-order valence-corrected chi connectivity index (χ4v) is 4.25. The van der Waals surface area contributed by atoms with Gasteiger partial charge in [0.25, 0.3) is 0 Å². The van der Waals surface area contributed by atoms with Crippen molar-refractivity contribution in [2.75, 3.05) is 11.1 Å². The van der Waals surface area contributed by atoms with Crippen LogP contribution >= 0.6 is 23.1 Å². The molecule has 1 aliphatic rings. The number of thiazole rings is 1. The normalized spacial score (nSPS) is 13.7. The Morgan fingerprint density at radius 3 is 2.85 bits per heavy atom. The molecular weight excluding hydrogens is 378 g/mol. The van der Waals surface area contributed by atoms with Crippen molar-refractivity contribution in [3.63, 3.8) is 0 Å². The van der Waals surface area contributed by atoms with Crippen LogP contribution < -0.4 is 5.32 Å². The van der Waals surface area contributed by atoms with E-state index in [-0.39, 0.29) is 11.7 Å². The zero-order chi connectivity index (χ0) is 19.0. The van der Waals surface area contributed by atoms with Gasteiger partial charge in [-0.1, -0.05) is 23.9 Å². The molecule has 4 rings (SSSR count). The minimum Gasteiger partial charge on any atom is -0.309 e. The Balaban J connectivity index is 1.36. The molecule has 1 fully saturated rings. The summed E-state index contributed by atoms with van der Waals surface area (Å²) in [6.07, 6.45) is 2.37. The van der Waals surface area contributed by atoms with Gasteiger partial charge in [0.2, 0.25) is 5.91 Å². The number of thioether (sulfide) groups is 1. The molecule has 1 saturated carbocycles. The number of rotatable bonds is 6. The SMILES string of the molecule is Cc1ccc(-c2csc(NC(=O)CSc3nnc(C4CC4)n3C)n2)cc1C. The average Bonchev–Trinajstić information content (AvgIpc) is 3.27. The predicted octanol–water partition coefficient (Wildman–Crippen LogP) is 4.16. The largest absolute Gasteiger partial charge is 0.309 e. The Labute approximate surface area is 166 Å². The Bertz CT molecular complexity index is 990. The second-order valence-electron chi connectivity index (χ2n) is 6.85. The molecule has 1 N–H and O–H groups in total. The zero-order valence-electron chi connectivity index (χ0n) is 15.5. The molecule has 6 nitrogen and oxygen atoms in total. The second kappa shape index (κ2) is 7.44. The number of carbonyl (C=O) groups excluding carboxylic acids is 1. The van der Waals surface area contributed by atoms with Gasteiger partial charge in [0.1, 0.15) is 5.82 Å². The van der Waals surface area contributed by atoms with E-state index in [1.807, 2.05) is 17.0 Å². The van der Waals surface area contributed by atoms with Crippen LogP contribution in [-0.4, -0.2) is 31.4 Å². The molecule has 0 saturated heterocycles. The molecule has 0 aliphatic heterocycles. The Hall–Kier alpha value is -2.19. The summed E-state index contributed by atoms with van der Waals surface area (Å²) < 4.78 is 2.00. The third kappa shape index (κ3) is 4.06. The Kier molecular flexibility index (Phi) is 5.01. The second-order valence-corrected chi connectivity index (χ2v) is 8.65. The van der Waals surface area contributed by atoms with Crippen LogP contribution in [-0.2, 0) is 11.8 Å². The van der Waals surface area contributed by atoms with E-state index in [1.54, 1.807) is 0 Å². The van der Waals surface area contributed by atoms with E-state index in [0.717, 1.165) is 22.2 Å². The summed E-state index contributed by atoms with van der Waals surface area (Å²) in [5.74, 6) is 1.77. The standard InChI is InChI=1S/C19H21N5OS2/c1-11-4-5-14(8-12(11)2)15-9-26-18(20-15)21-16(25)10-27-19-23-22-17(24(19)3)13-6-7-13/h4-5,8-9,13H,6-7,10H2,1-3H3,(H,20,21,25). The van der Waals surface area contributed by atoms with Crippen LogP contribution in [0.5, 0.6) is 0 Å². The van der Waals surface area contributed by atoms with E-state index in [4.69, 9.17) is 0 Å². The molecule has 27 heavy (non-hydrogen) atoms. The van der Waals surface area contributed by atoms with Crippen LogP contribution in [0.15, 0.2) is 28.7 Å². The lowest BCUT2D eigenvalue weighted by molar-refractivity contribution is -0.113. The van der Waals surface area contributed by atoms with Crippen molar-refractivity contribution in [1.29, 1.82) is 0 Å². The van der Waals surface area contributed by atoms with Gasteiger partial charge in [0, 0.05) is 23.9 Å². The van der Waals surface area contributed by atoms with E-state index in [0.29, 0.717) is 11.0 Å². The molecule has 2 heterocycles. The highest BCUT2D eigenvalue weighted by Crippen LogP contribution is 2.39. The van der Waals surface area contributed by atoms with Crippen LogP contribution in [0, 0.1) is 13.8 Å². The first kappa shape index (κ1) is 18.2. The summed E-state index contributed by atoms with van der Waals surface area (Å²) >= 11 is 2.84. The third-order valence-electron chi connectivity index (χ3n) is 4.70. The molecule has 0 atom stereocenters. The maximum atomic E-state index is 12.3. The van der Waals surface area contributed by atoms with Crippen molar-refractivity contribution in [1.82, 2.24) is 19.7 Å². The molecule has 0 unspecified atom stereocenters. The fraction of sp³-hybridized carbons (Fsp3) is 0.368. The van der Waals surface area contributed by atoms with E-state index in [1.165, 1.54) is 47.1 Å². The minimum atomic E-state index is -0.0861. The van der Waals surface area contributed by atoms with Gasteiger partial charge in [-0.25, -0.2) is 4.98 Å². The first-order chi connectivity index (χ1) is 13.0. The Morgan fingerprint density at radius 1 is 1.30 bits per heavy atom. The number of nitrogens with one attached hydrogen (secondary N) is 1. The Morgan fingerprint density at radius 2 is 2.11 bits per heavy atom. The van der Waals surface area contributed by atoms with Gasteiger partial charge in [-0.3, -0.25) is 4.79 Å². The van der Waals surface area contributed by atoms with Crippen molar-refractivity contribution >= 4 is 34.1 Å². The summed E-state index contributed by atoms with van der Waals surface area (Å²) in [6, 6.07) is 6.28. The quantitative estimate of drug-likeness (QED) is 0.630. The monoisotopic (exact) mass is 399 g/mol. The first-order valence-electron chi connectivity index (χ1n) is 8.86. The van der Waals surface area contributed by atoms with Crippen molar-refractivity contribution in [3.05, 3.63) is 40.5 Å². The fourth-order valence-electron chi connectivity index (χ4n) is 2.80. The lowest BCUT2D eigenvalue weighted by Gasteiger charge is -2.04. The molecule has 0 spiro atoms. The molecule has 1 aliphatic carbocycles. The molecule has 3 aromatic rings. The highest BCUT2D eigenvalue weighted by molar-refractivity contribution is 7.99. The number of benzene rings is 1. The number of hydrogen-bond donors (Lipinski definition) is 1. The predicted molar refractivity (Wildman–Crippen MR) is 109 cm³/mol. The number of anilines is 1. The topological polar surface area (TPSA) is 72.7 Å². The number of hydrogen-bond acceptors (Lipinski definition) is 6. The van der Waals surface area contributed by atoms with Crippen molar-refractivity contribution in [2.45, 2.75) is 37.8 Å². The number of aromatic nitrogens is 4. The van der Waals surface area contributed by atoms with Crippen LogP contribution in [0.2, 0.25) is 0 Å². The van der Waals surface area contributed by atoms with Crippen molar-refractivity contribution in [3.8, 4) is 11.3 Å².